The molecule has 2 saturated heterocycles. The summed E-state index contributed by atoms with van der Waals surface area (Å²) >= 11 is 6.62. The lowest BCUT2D eigenvalue weighted by Gasteiger charge is -2.18. The quantitative estimate of drug-likeness (QED) is 0.268. The van der Waals surface area contributed by atoms with E-state index in [-0.39, 0.29) is 30.8 Å². The summed E-state index contributed by atoms with van der Waals surface area (Å²) in [5, 5.41) is 14.8. The van der Waals surface area contributed by atoms with Gasteiger partial charge in [-0.1, -0.05) is 23.7 Å². The van der Waals surface area contributed by atoms with Crippen LogP contribution in [0.3, 0.4) is 0 Å². The van der Waals surface area contributed by atoms with Gasteiger partial charge in [0.2, 0.25) is 0 Å². The molecule has 42 heavy (non-hydrogen) atoms. The largest absolute Gasteiger partial charge is 0.464 e. The van der Waals surface area contributed by atoms with Gasteiger partial charge in [0.1, 0.15) is 12.2 Å². The van der Waals surface area contributed by atoms with E-state index in [0.29, 0.717) is 54.2 Å². The molecule has 4 aromatic rings. The molecule has 3 fully saturated rings. The molecule has 220 valence electrons. The van der Waals surface area contributed by atoms with E-state index in [1.54, 1.807) is 12.3 Å². The highest BCUT2D eigenvalue weighted by Crippen LogP contribution is 2.34. The average Bonchev–Trinajstić information content (AvgIpc) is 3.39. The minimum atomic E-state index is -3.64. The molecule has 0 radical (unpaired) electrons. The number of aromatic nitrogens is 5. The number of halogens is 1. The Balaban J connectivity index is 0.944. The van der Waals surface area contributed by atoms with E-state index in [2.05, 4.69) is 24.7 Å². The fraction of sp³-hybridized carbons (Fsp3) is 0.444. The molecule has 15 heteroatoms. The topological polar surface area (TPSA) is 157 Å². The summed E-state index contributed by atoms with van der Waals surface area (Å²) in [6, 6.07) is 10.0. The fourth-order valence-electron chi connectivity index (χ4n) is 5.78. The van der Waals surface area contributed by atoms with Crippen molar-refractivity contribution in [2.75, 3.05) is 24.7 Å². The van der Waals surface area contributed by atoms with Crippen molar-refractivity contribution < 1.29 is 27.7 Å². The van der Waals surface area contributed by atoms with Crippen molar-refractivity contribution in [3.63, 3.8) is 0 Å². The van der Waals surface area contributed by atoms with Gasteiger partial charge < -0.3 is 29.2 Å². The van der Waals surface area contributed by atoms with Crippen LogP contribution in [-0.2, 0) is 32.8 Å². The van der Waals surface area contributed by atoms with Crippen molar-refractivity contribution >= 4 is 38.7 Å². The first kappa shape index (κ1) is 26.4. The van der Waals surface area contributed by atoms with Gasteiger partial charge in [0.05, 0.1) is 54.4 Å². The predicted molar refractivity (Wildman–Crippen MR) is 151 cm³/mol. The summed E-state index contributed by atoms with van der Waals surface area (Å²) in [5.74, 6) is 0.000772. The van der Waals surface area contributed by atoms with Crippen molar-refractivity contribution in [2.45, 2.75) is 50.3 Å². The van der Waals surface area contributed by atoms with Gasteiger partial charge >= 0.3 is 10.2 Å². The monoisotopic (exact) mass is 613 g/mol. The van der Waals surface area contributed by atoms with Crippen LogP contribution in [0.4, 0.5) is 5.69 Å². The molecule has 4 atom stereocenters. The zero-order valence-electron chi connectivity index (χ0n) is 22.3. The smallest absolute Gasteiger partial charge is 0.320 e. The van der Waals surface area contributed by atoms with E-state index < -0.39 is 16.3 Å². The number of anilines is 1. The number of aliphatic hydroxyl groups excluding tert-OH is 1. The van der Waals surface area contributed by atoms with Gasteiger partial charge in [-0.3, -0.25) is 0 Å². The lowest BCUT2D eigenvalue weighted by molar-refractivity contribution is 0.0151. The Kier molecular flexibility index (Phi) is 6.21. The second-order valence-corrected chi connectivity index (χ2v) is 13.2. The highest BCUT2D eigenvalue weighted by molar-refractivity contribution is 7.87. The molecule has 4 aliphatic rings. The normalized spacial score (nSPS) is 25.3. The van der Waals surface area contributed by atoms with Gasteiger partial charge in [0, 0.05) is 41.5 Å². The Morgan fingerprint density at radius 3 is 2.71 bits per heavy atom. The highest BCUT2D eigenvalue weighted by Gasteiger charge is 2.47. The Hall–Kier alpha value is -3.27. The summed E-state index contributed by atoms with van der Waals surface area (Å²) in [4.78, 5) is 14.4. The van der Waals surface area contributed by atoms with Crippen LogP contribution in [-0.4, -0.2) is 81.8 Å². The number of H-pyrrole nitrogens is 1. The van der Waals surface area contributed by atoms with Crippen LogP contribution in [0.1, 0.15) is 24.1 Å². The molecule has 3 aliphatic heterocycles. The molecule has 8 rings (SSSR count). The van der Waals surface area contributed by atoms with E-state index in [1.807, 2.05) is 24.3 Å². The number of rotatable bonds is 8. The number of benzene rings is 1. The van der Waals surface area contributed by atoms with Gasteiger partial charge in [0.15, 0.2) is 5.65 Å². The third kappa shape index (κ3) is 4.71. The number of nitrogens with zero attached hydrogens (tertiary/aromatic N) is 5. The van der Waals surface area contributed by atoms with Gasteiger partial charge in [-0.25, -0.2) is 4.98 Å². The lowest BCUT2D eigenvalue weighted by Crippen LogP contribution is -2.32. The number of nitrogens with one attached hydrogen (secondary N) is 2. The predicted octanol–water partition coefficient (Wildman–Crippen LogP) is 1.99. The molecule has 0 amide bonds. The number of aliphatic hydroxyl groups is 1. The van der Waals surface area contributed by atoms with Gasteiger partial charge in [-0.2, -0.15) is 27.3 Å². The Bertz CT molecular complexity index is 1750. The standard InChI is InChI=1S/C27H28ClN7O6S/c28-19-7-20-26(31-27(29-20)41-12-16-11-39-25-22(36)13-40-24(16)25)30-23(19)14-1-5-18(6-2-14)34-8-15-9-35(32-21(15)10-34)42(37,38)33-17-3-4-17/h1-2,5-7,9,16-17,22,24-25,33,36H,3-4,8,10-13H2,(H,29,30,31)/t16?,22-,24-,25-/m1/s1. The zero-order valence-corrected chi connectivity index (χ0v) is 23.9. The number of aromatic amines is 1. The Morgan fingerprint density at radius 2 is 1.93 bits per heavy atom. The number of fused-ring (bicyclic) bond motifs is 3. The molecular weight excluding hydrogens is 586 g/mol. The van der Waals surface area contributed by atoms with E-state index in [4.69, 9.17) is 30.8 Å². The first-order valence-corrected chi connectivity index (χ1v) is 15.7. The fourth-order valence-corrected chi connectivity index (χ4v) is 7.28. The van der Waals surface area contributed by atoms with Crippen molar-refractivity contribution in [1.29, 1.82) is 0 Å². The minimum Gasteiger partial charge on any atom is -0.464 e. The van der Waals surface area contributed by atoms with Crippen LogP contribution in [0.25, 0.3) is 22.4 Å². The van der Waals surface area contributed by atoms with Crippen molar-refractivity contribution in [2.24, 2.45) is 5.92 Å². The molecular formula is C27H28ClN7O6S. The van der Waals surface area contributed by atoms with Crippen molar-refractivity contribution in [3.05, 3.63) is 52.8 Å². The summed E-state index contributed by atoms with van der Waals surface area (Å²) in [7, 11) is -3.64. The minimum absolute atomic E-state index is 0.000772. The molecule has 0 spiro atoms. The highest BCUT2D eigenvalue weighted by atomic mass is 35.5. The summed E-state index contributed by atoms with van der Waals surface area (Å²) < 4.78 is 45.9. The number of imidazole rings is 1. The van der Waals surface area contributed by atoms with E-state index >= 15 is 0 Å². The van der Waals surface area contributed by atoms with Crippen molar-refractivity contribution in [3.8, 4) is 17.3 Å². The maximum Gasteiger partial charge on any atom is 0.320 e. The first-order valence-electron chi connectivity index (χ1n) is 13.9. The van der Waals surface area contributed by atoms with Crippen LogP contribution >= 0.6 is 11.6 Å². The van der Waals surface area contributed by atoms with E-state index in [1.165, 1.54) is 0 Å². The third-order valence-corrected chi connectivity index (χ3v) is 9.77. The average molecular weight is 614 g/mol. The molecule has 0 bridgehead atoms. The molecule has 6 heterocycles. The second-order valence-electron chi connectivity index (χ2n) is 11.2. The molecule has 3 N–H and O–H groups in total. The van der Waals surface area contributed by atoms with Crippen LogP contribution in [0.5, 0.6) is 6.01 Å². The van der Waals surface area contributed by atoms with Gasteiger partial charge in [0.25, 0.3) is 6.01 Å². The Morgan fingerprint density at radius 1 is 1.12 bits per heavy atom. The molecule has 1 aromatic carbocycles. The van der Waals surface area contributed by atoms with Crippen LogP contribution in [0, 0.1) is 5.92 Å². The molecule has 1 unspecified atom stereocenters. The van der Waals surface area contributed by atoms with Crippen LogP contribution < -0.4 is 14.4 Å². The van der Waals surface area contributed by atoms with E-state index in [0.717, 1.165) is 39.4 Å². The zero-order chi connectivity index (χ0) is 28.6. The summed E-state index contributed by atoms with van der Waals surface area (Å²) in [5.41, 5.74) is 5.19. The summed E-state index contributed by atoms with van der Waals surface area (Å²) in [6.45, 7) is 2.15. The third-order valence-electron chi connectivity index (χ3n) is 8.17. The maximum absolute atomic E-state index is 12.5. The van der Waals surface area contributed by atoms with Gasteiger partial charge in [-0.05, 0) is 31.0 Å². The Labute approximate surface area is 245 Å². The number of pyridine rings is 1. The molecule has 1 aliphatic carbocycles. The molecule has 13 nitrogen and oxygen atoms in total. The van der Waals surface area contributed by atoms with Crippen LogP contribution in [0.2, 0.25) is 5.02 Å². The maximum atomic E-state index is 12.5. The first-order chi connectivity index (χ1) is 20.3. The molecule has 3 aromatic heterocycles. The summed E-state index contributed by atoms with van der Waals surface area (Å²) in [6.07, 6.45) is 2.25. The van der Waals surface area contributed by atoms with Gasteiger partial charge in [-0.15, -0.1) is 0 Å². The lowest BCUT2D eigenvalue weighted by atomic mass is 10.0. The number of hydrogen-bond acceptors (Lipinski definition) is 10. The molecule has 1 saturated carbocycles. The SMILES string of the molecule is O=S(=O)(NC1CC1)n1cc2c(n1)CN(c1ccc(-c3nc4nc(OCC5CO[C@@H]6[C@H](O)CO[C@H]56)[nH]c4cc3Cl)cc1)C2. The van der Waals surface area contributed by atoms with Crippen molar-refractivity contribution in [1.82, 2.24) is 28.9 Å². The van der Waals surface area contributed by atoms with Crippen LogP contribution in [0.15, 0.2) is 36.5 Å². The number of hydrogen-bond donors (Lipinski definition) is 3. The second kappa shape index (κ2) is 9.89. The number of ether oxygens (including phenoxy) is 3. The van der Waals surface area contributed by atoms with E-state index in [9.17, 15) is 13.5 Å².